The number of nitrogens with one attached hydrogen (secondary N) is 2. The number of hydrogen-bond acceptors (Lipinski definition) is 8. The Morgan fingerprint density at radius 3 is 2.56 bits per heavy atom. The van der Waals surface area contributed by atoms with E-state index in [0.717, 1.165) is 5.56 Å². The summed E-state index contributed by atoms with van der Waals surface area (Å²) in [4.78, 5) is 31.2. The lowest BCUT2D eigenvalue weighted by Gasteiger charge is -2.15. The first-order chi connectivity index (χ1) is 16.5. The van der Waals surface area contributed by atoms with Crippen molar-refractivity contribution in [2.45, 2.75) is 12.6 Å². The van der Waals surface area contributed by atoms with Gasteiger partial charge < -0.3 is 19.1 Å². The number of ether oxygens (including phenoxy) is 2. The van der Waals surface area contributed by atoms with E-state index in [9.17, 15) is 14.7 Å². The predicted molar refractivity (Wildman–Crippen MR) is 128 cm³/mol. The molecule has 0 amide bonds. The Hall–Kier alpha value is -4.38. The average Bonchev–Trinajstić information content (AvgIpc) is 3.21. The normalized spacial score (nSPS) is 12.2. The summed E-state index contributed by atoms with van der Waals surface area (Å²) in [7, 11) is 3.07. The van der Waals surface area contributed by atoms with Gasteiger partial charge in [0.15, 0.2) is 11.2 Å². The SMILES string of the molecule is COc1ccc(OC[C@@H](O)Cn2c(N/N=C/c3ccccc3)nc3c2c(=O)[nH]c(=O)n3C)cc1. The van der Waals surface area contributed by atoms with Gasteiger partial charge in [0.25, 0.3) is 5.56 Å². The van der Waals surface area contributed by atoms with Gasteiger partial charge in [-0.3, -0.25) is 14.3 Å². The highest BCUT2D eigenvalue weighted by Gasteiger charge is 2.20. The van der Waals surface area contributed by atoms with Crippen molar-refractivity contribution in [3.63, 3.8) is 0 Å². The van der Waals surface area contributed by atoms with Gasteiger partial charge in [0, 0.05) is 7.05 Å². The number of aliphatic hydroxyl groups is 1. The third-order valence-corrected chi connectivity index (χ3v) is 5.08. The van der Waals surface area contributed by atoms with Gasteiger partial charge in [-0.15, -0.1) is 0 Å². The van der Waals surface area contributed by atoms with Crippen LogP contribution in [-0.4, -0.2) is 50.2 Å². The number of rotatable bonds is 9. The Morgan fingerprint density at radius 1 is 1.15 bits per heavy atom. The minimum atomic E-state index is -0.991. The zero-order valence-electron chi connectivity index (χ0n) is 18.6. The number of H-pyrrole nitrogens is 1. The molecule has 0 saturated carbocycles. The molecule has 1 atom stereocenters. The fourth-order valence-electron chi connectivity index (χ4n) is 3.33. The van der Waals surface area contributed by atoms with E-state index in [-0.39, 0.29) is 30.3 Å². The molecule has 4 rings (SSSR count). The van der Waals surface area contributed by atoms with E-state index in [1.54, 1.807) is 37.6 Å². The van der Waals surface area contributed by atoms with Crippen LogP contribution in [-0.2, 0) is 13.6 Å². The first-order valence-corrected chi connectivity index (χ1v) is 10.4. The number of aromatic amines is 1. The van der Waals surface area contributed by atoms with Crippen LogP contribution in [0.2, 0.25) is 0 Å². The Bertz CT molecular complexity index is 1410. The lowest BCUT2D eigenvalue weighted by atomic mass is 10.2. The van der Waals surface area contributed by atoms with Crippen molar-refractivity contribution in [2.75, 3.05) is 19.1 Å². The highest BCUT2D eigenvalue weighted by molar-refractivity contribution is 5.80. The molecule has 0 unspecified atom stereocenters. The molecule has 11 heteroatoms. The molecule has 0 saturated heterocycles. The molecule has 3 N–H and O–H groups in total. The summed E-state index contributed by atoms with van der Waals surface area (Å²) in [6, 6.07) is 16.4. The number of methoxy groups -OCH3 is 1. The molecule has 0 aliphatic heterocycles. The average molecular weight is 464 g/mol. The number of aryl methyl sites for hydroxylation is 1. The summed E-state index contributed by atoms with van der Waals surface area (Å²) >= 11 is 0. The first-order valence-electron chi connectivity index (χ1n) is 10.4. The molecular weight excluding hydrogens is 440 g/mol. The fourth-order valence-corrected chi connectivity index (χ4v) is 3.33. The topological polar surface area (TPSA) is 136 Å². The monoisotopic (exact) mass is 464 g/mol. The molecule has 0 fully saturated rings. The predicted octanol–water partition coefficient (Wildman–Crippen LogP) is 1.32. The maximum atomic E-state index is 12.6. The summed E-state index contributed by atoms with van der Waals surface area (Å²) < 4.78 is 13.5. The molecule has 176 valence electrons. The summed E-state index contributed by atoms with van der Waals surface area (Å²) in [5, 5.41) is 14.8. The van der Waals surface area contributed by atoms with Gasteiger partial charge in [-0.05, 0) is 29.8 Å². The van der Waals surface area contributed by atoms with E-state index in [1.807, 2.05) is 30.3 Å². The number of nitrogens with zero attached hydrogens (tertiary/aromatic N) is 4. The Labute approximate surface area is 193 Å². The molecule has 0 aliphatic rings. The second kappa shape index (κ2) is 10.0. The van der Waals surface area contributed by atoms with Crippen LogP contribution in [0.4, 0.5) is 5.95 Å². The van der Waals surface area contributed by atoms with Gasteiger partial charge in [-0.25, -0.2) is 10.2 Å². The molecular formula is C23H24N6O5. The van der Waals surface area contributed by atoms with Crippen LogP contribution in [0.25, 0.3) is 11.2 Å². The van der Waals surface area contributed by atoms with Crippen molar-refractivity contribution in [3.8, 4) is 11.5 Å². The smallest absolute Gasteiger partial charge is 0.329 e. The maximum absolute atomic E-state index is 12.6. The van der Waals surface area contributed by atoms with Gasteiger partial charge in [0.1, 0.15) is 24.2 Å². The van der Waals surface area contributed by atoms with E-state index in [1.165, 1.54) is 16.2 Å². The van der Waals surface area contributed by atoms with Gasteiger partial charge in [0.05, 0.1) is 19.9 Å². The Morgan fingerprint density at radius 2 is 1.85 bits per heavy atom. The second-order valence-electron chi connectivity index (χ2n) is 7.46. The number of aromatic nitrogens is 4. The van der Waals surface area contributed by atoms with Gasteiger partial charge in [-0.1, -0.05) is 30.3 Å². The van der Waals surface area contributed by atoms with Crippen molar-refractivity contribution in [2.24, 2.45) is 12.1 Å². The van der Waals surface area contributed by atoms with Crippen LogP contribution >= 0.6 is 0 Å². The highest BCUT2D eigenvalue weighted by Crippen LogP contribution is 2.19. The molecule has 0 aliphatic carbocycles. The molecule has 2 heterocycles. The van der Waals surface area contributed by atoms with Crippen molar-refractivity contribution >= 4 is 23.3 Å². The van der Waals surface area contributed by atoms with Gasteiger partial charge in [0.2, 0.25) is 5.95 Å². The minimum absolute atomic E-state index is 0.0306. The second-order valence-corrected chi connectivity index (χ2v) is 7.46. The Kier molecular flexibility index (Phi) is 6.74. The van der Waals surface area contributed by atoms with E-state index in [0.29, 0.717) is 11.5 Å². The molecule has 0 bridgehead atoms. The van der Waals surface area contributed by atoms with Crippen molar-refractivity contribution < 1.29 is 14.6 Å². The number of benzene rings is 2. The maximum Gasteiger partial charge on any atom is 0.329 e. The lowest BCUT2D eigenvalue weighted by molar-refractivity contribution is 0.0938. The number of hydrazone groups is 1. The minimum Gasteiger partial charge on any atom is -0.497 e. The number of aliphatic hydroxyl groups excluding tert-OH is 1. The van der Waals surface area contributed by atoms with Crippen LogP contribution in [0, 0.1) is 0 Å². The molecule has 2 aromatic heterocycles. The zero-order chi connectivity index (χ0) is 24.1. The van der Waals surface area contributed by atoms with Crippen molar-refractivity contribution in [1.29, 1.82) is 0 Å². The van der Waals surface area contributed by atoms with Crippen LogP contribution < -0.4 is 26.1 Å². The molecule has 2 aromatic carbocycles. The number of imidazole rings is 1. The van der Waals surface area contributed by atoms with E-state index in [2.05, 4.69) is 20.5 Å². The first kappa shape index (κ1) is 22.8. The summed E-state index contributed by atoms with van der Waals surface area (Å²) in [5.74, 6) is 1.44. The molecule has 0 spiro atoms. The molecule has 0 radical (unpaired) electrons. The molecule has 34 heavy (non-hydrogen) atoms. The van der Waals surface area contributed by atoms with Crippen LogP contribution in [0.15, 0.2) is 69.3 Å². The van der Waals surface area contributed by atoms with Gasteiger partial charge >= 0.3 is 5.69 Å². The standard InChI is InChI=1S/C23H24N6O5/c1-28-20-19(21(31)26-23(28)32)29(22(25-20)27-24-12-15-6-4-3-5-7-15)13-16(30)14-34-18-10-8-17(33-2)9-11-18/h3-12,16,30H,13-14H2,1-2H3,(H,25,27)(H,26,31,32)/b24-12+/t16-/m0/s1. The molecule has 11 nitrogen and oxygen atoms in total. The van der Waals surface area contributed by atoms with Gasteiger partial charge in [-0.2, -0.15) is 10.1 Å². The van der Waals surface area contributed by atoms with Crippen molar-refractivity contribution in [3.05, 3.63) is 81.0 Å². The third-order valence-electron chi connectivity index (χ3n) is 5.08. The summed E-state index contributed by atoms with van der Waals surface area (Å²) in [6.07, 6.45) is 0.602. The zero-order valence-corrected chi connectivity index (χ0v) is 18.6. The number of fused-ring (bicyclic) bond motifs is 1. The summed E-state index contributed by atoms with van der Waals surface area (Å²) in [5.41, 5.74) is 2.74. The number of hydrogen-bond donors (Lipinski definition) is 3. The lowest BCUT2D eigenvalue weighted by Crippen LogP contribution is -2.30. The number of anilines is 1. The van der Waals surface area contributed by atoms with E-state index < -0.39 is 17.4 Å². The van der Waals surface area contributed by atoms with E-state index in [4.69, 9.17) is 9.47 Å². The third kappa shape index (κ3) is 4.99. The highest BCUT2D eigenvalue weighted by atomic mass is 16.5. The quantitative estimate of drug-likeness (QED) is 0.251. The van der Waals surface area contributed by atoms with Crippen LogP contribution in [0.1, 0.15) is 5.56 Å². The fraction of sp³-hybridized carbons (Fsp3) is 0.217. The molecule has 4 aromatic rings. The summed E-state index contributed by atoms with van der Waals surface area (Å²) in [6.45, 7) is -0.0699. The van der Waals surface area contributed by atoms with Crippen molar-refractivity contribution in [1.82, 2.24) is 19.1 Å². The Balaban J connectivity index is 1.59. The van der Waals surface area contributed by atoms with Crippen LogP contribution in [0.3, 0.4) is 0 Å². The largest absolute Gasteiger partial charge is 0.497 e. The van der Waals surface area contributed by atoms with E-state index >= 15 is 0 Å². The van der Waals surface area contributed by atoms with Crippen LogP contribution in [0.5, 0.6) is 11.5 Å².